The van der Waals surface area contributed by atoms with Crippen LogP contribution in [-0.2, 0) is 4.84 Å². The Labute approximate surface area is 74.0 Å². The SMILES string of the molecule is CNO[C@@H]1C[C@H]2CC[C@@H](C1)N2C. The number of piperidine rings is 1. The van der Waals surface area contributed by atoms with Gasteiger partial charge in [-0.2, -0.15) is 0 Å². The maximum atomic E-state index is 5.44. The molecule has 3 atom stereocenters. The molecule has 2 bridgehead atoms. The summed E-state index contributed by atoms with van der Waals surface area (Å²) in [5.74, 6) is 0. The van der Waals surface area contributed by atoms with Crippen molar-refractivity contribution in [1.29, 1.82) is 0 Å². The van der Waals surface area contributed by atoms with Crippen molar-refractivity contribution in [3.63, 3.8) is 0 Å². The maximum absolute atomic E-state index is 5.44. The minimum atomic E-state index is 0.448. The van der Waals surface area contributed by atoms with Crippen LogP contribution in [0, 0.1) is 0 Å². The van der Waals surface area contributed by atoms with Gasteiger partial charge in [-0.05, 0) is 32.7 Å². The van der Waals surface area contributed by atoms with Crippen molar-refractivity contribution >= 4 is 0 Å². The Hall–Kier alpha value is -0.120. The number of rotatable bonds is 2. The molecule has 0 radical (unpaired) electrons. The zero-order valence-corrected chi connectivity index (χ0v) is 7.92. The lowest BCUT2D eigenvalue weighted by Crippen LogP contribution is -2.43. The number of nitrogens with one attached hydrogen (secondary N) is 1. The summed E-state index contributed by atoms with van der Waals surface area (Å²) in [7, 11) is 4.10. The van der Waals surface area contributed by atoms with E-state index in [9.17, 15) is 0 Å². The predicted molar refractivity (Wildman–Crippen MR) is 47.7 cm³/mol. The predicted octanol–water partition coefficient (Wildman–Crippen LogP) is 0.763. The minimum Gasteiger partial charge on any atom is -0.300 e. The molecule has 0 aliphatic carbocycles. The lowest BCUT2D eigenvalue weighted by Gasteiger charge is -2.35. The Morgan fingerprint density at radius 1 is 1.25 bits per heavy atom. The summed E-state index contributed by atoms with van der Waals surface area (Å²) in [6, 6.07) is 1.56. The highest BCUT2D eigenvalue weighted by atomic mass is 16.7. The van der Waals surface area contributed by atoms with Gasteiger partial charge in [0.25, 0.3) is 0 Å². The third kappa shape index (κ3) is 1.37. The summed E-state index contributed by atoms with van der Waals surface area (Å²) in [4.78, 5) is 7.96. The summed E-state index contributed by atoms with van der Waals surface area (Å²) >= 11 is 0. The van der Waals surface area contributed by atoms with Crippen LogP contribution < -0.4 is 5.48 Å². The zero-order valence-electron chi connectivity index (χ0n) is 7.92. The molecular weight excluding hydrogens is 152 g/mol. The Bertz CT molecular complexity index is 149. The van der Waals surface area contributed by atoms with E-state index in [1.165, 1.54) is 25.7 Å². The first kappa shape index (κ1) is 8.48. The second-order valence-electron chi connectivity index (χ2n) is 3.97. The standard InChI is InChI=1S/C9H18N2O/c1-10-12-9-5-7-3-4-8(6-9)11(7)2/h7-10H,3-6H2,1-2H3/t7-,8+,9-. The molecule has 0 spiro atoms. The van der Waals surface area contributed by atoms with E-state index in [-0.39, 0.29) is 0 Å². The Kier molecular flexibility index (Phi) is 2.35. The van der Waals surface area contributed by atoms with Gasteiger partial charge in [0.2, 0.25) is 0 Å². The molecule has 0 aromatic heterocycles. The molecule has 3 heteroatoms. The van der Waals surface area contributed by atoms with Crippen LogP contribution >= 0.6 is 0 Å². The molecule has 2 rings (SSSR count). The van der Waals surface area contributed by atoms with Crippen LogP contribution in [0.25, 0.3) is 0 Å². The van der Waals surface area contributed by atoms with Crippen molar-refractivity contribution in [2.24, 2.45) is 0 Å². The summed E-state index contributed by atoms with van der Waals surface area (Å²) < 4.78 is 0. The highest BCUT2D eigenvalue weighted by Crippen LogP contribution is 2.34. The first-order valence-corrected chi connectivity index (χ1v) is 4.85. The molecule has 12 heavy (non-hydrogen) atoms. The summed E-state index contributed by atoms with van der Waals surface area (Å²) in [5, 5.41) is 0. The fourth-order valence-corrected chi connectivity index (χ4v) is 2.62. The molecule has 0 saturated carbocycles. The quantitative estimate of drug-likeness (QED) is 0.619. The van der Waals surface area contributed by atoms with E-state index in [0.717, 1.165) is 12.1 Å². The molecule has 0 aromatic rings. The van der Waals surface area contributed by atoms with E-state index in [2.05, 4.69) is 17.4 Å². The van der Waals surface area contributed by atoms with Crippen LogP contribution in [0.4, 0.5) is 0 Å². The zero-order chi connectivity index (χ0) is 8.55. The number of nitrogens with zero attached hydrogens (tertiary/aromatic N) is 1. The first-order valence-electron chi connectivity index (χ1n) is 4.85. The fourth-order valence-electron chi connectivity index (χ4n) is 2.62. The van der Waals surface area contributed by atoms with Crippen LogP contribution in [0.2, 0.25) is 0 Å². The molecule has 2 aliphatic heterocycles. The third-order valence-electron chi connectivity index (χ3n) is 3.34. The summed E-state index contributed by atoms with van der Waals surface area (Å²) in [6.07, 6.45) is 5.58. The van der Waals surface area contributed by atoms with Gasteiger partial charge in [0, 0.05) is 19.1 Å². The van der Waals surface area contributed by atoms with Crippen molar-refractivity contribution in [3.05, 3.63) is 0 Å². The van der Waals surface area contributed by atoms with E-state index in [1.54, 1.807) is 0 Å². The van der Waals surface area contributed by atoms with Crippen LogP contribution in [0.15, 0.2) is 0 Å². The minimum absolute atomic E-state index is 0.448. The second-order valence-corrected chi connectivity index (χ2v) is 3.97. The van der Waals surface area contributed by atoms with Gasteiger partial charge in [-0.1, -0.05) is 0 Å². The lowest BCUT2D eigenvalue weighted by molar-refractivity contribution is -0.0576. The molecule has 2 heterocycles. The van der Waals surface area contributed by atoms with Gasteiger partial charge in [0.1, 0.15) is 0 Å². The van der Waals surface area contributed by atoms with E-state index in [1.807, 2.05) is 7.05 Å². The second kappa shape index (κ2) is 3.32. The van der Waals surface area contributed by atoms with E-state index in [0.29, 0.717) is 6.10 Å². The third-order valence-corrected chi connectivity index (χ3v) is 3.34. The molecule has 0 amide bonds. The van der Waals surface area contributed by atoms with Crippen molar-refractivity contribution in [2.75, 3.05) is 14.1 Å². The fraction of sp³-hybridized carbons (Fsp3) is 1.00. The smallest absolute Gasteiger partial charge is 0.0820 e. The molecular formula is C9H18N2O. The molecule has 0 aromatic carbocycles. The van der Waals surface area contributed by atoms with Gasteiger partial charge in [-0.3, -0.25) is 4.84 Å². The molecule has 70 valence electrons. The van der Waals surface area contributed by atoms with Gasteiger partial charge < -0.3 is 4.90 Å². The van der Waals surface area contributed by atoms with E-state index < -0.39 is 0 Å². The average Bonchev–Trinajstić information content (AvgIpc) is 2.33. The van der Waals surface area contributed by atoms with Crippen LogP contribution in [0.5, 0.6) is 0 Å². The molecule has 3 nitrogen and oxygen atoms in total. The van der Waals surface area contributed by atoms with Gasteiger partial charge in [0.05, 0.1) is 6.10 Å². The van der Waals surface area contributed by atoms with Crippen molar-refractivity contribution in [1.82, 2.24) is 10.4 Å². The number of hydrogen-bond donors (Lipinski definition) is 1. The highest BCUT2D eigenvalue weighted by molar-refractivity contribution is 4.93. The number of hydroxylamine groups is 1. The van der Waals surface area contributed by atoms with Gasteiger partial charge >= 0.3 is 0 Å². The van der Waals surface area contributed by atoms with Gasteiger partial charge in [0.15, 0.2) is 0 Å². The highest BCUT2D eigenvalue weighted by Gasteiger charge is 2.38. The average molecular weight is 170 g/mol. The van der Waals surface area contributed by atoms with E-state index in [4.69, 9.17) is 4.84 Å². The number of hydrogen-bond acceptors (Lipinski definition) is 3. The van der Waals surface area contributed by atoms with Crippen LogP contribution in [0.1, 0.15) is 25.7 Å². The van der Waals surface area contributed by atoms with Crippen molar-refractivity contribution in [2.45, 2.75) is 43.9 Å². The summed E-state index contributed by atoms with van der Waals surface area (Å²) in [5.41, 5.74) is 2.80. The Morgan fingerprint density at radius 2 is 1.83 bits per heavy atom. The molecule has 2 saturated heterocycles. The van der Waals surface area contributed by atoms with Gasteiger partial charge in [-0.15, -0.1) is 0 Å². The Morgan fingerprint density at radius 3 is 2.33 bits per heavy atom. The lowest BCUT2D eigenvalue weighted by atomic mass is 10.0. The Balaban J connectivity index is 1.93. The first-order chi connectivity index (χ1) is 5.81. The van der Waals surface area contributed by atoms with Crippen LogP contribution in [-0.4, -0.2) is 37.2 Å². The van der Waals surface area contributed by atoms with Crippen LogP contribution in [0.3, 0.4) is 0 Å². The van der Waals surface area contributed by atoms with Crippen molar-refractivity contribution in [3.8, 4) is 0 Å². The maximum Gasteiger partial charge on any atom is 0.0820 e. The molecule has 2 aliphatic rings. The van der Waals surface area contributed by atoms with Gasteiger partial charge in [-0.25, -0.2) is 5.48 Å². The largest absolute Gasteiger partial charge is 0.300 e. The monoisotopic (exact) mass is 170 g/mol. The van der Waals surface area contributed by atoms with Crippen molar-refractivity contribution < 1.29 is 4.84 Å². The molecule has 0 unspecified atom stereocenters. The molecule has 2 fully saturated rings. The molecule has 1 N–H and O–H groups in total. The number of fused-ring (bicyclic) bond motifs is 2. The summed E-state index contributed by atoms with van der Waals surface area (Å²) in [6.45, 7) is 0. The normalized spacial score (nSPS) is 42.0. The van der Waals surface area contributed by atoms with E-state index >= 15 is 0 Å². The topological polar surface area (TPSA) is 24.5 Å².